The molecule has 0 aliphatic heterocycles. The van der Waals surface area contributed by atoms with Gasteiger partial charge in [0.15, 0.2) is 0 Å². The molecule has 0 saturated carbocycles. The molecule has 0 radical (unpaired) electrons. The molecule has 0 spiro atoms. The Morgan fingerprint density at radius 3 is 2.37 bits per heavy atom. The van der Waals surface area contributed by atoms with Gasteiger partial charge in [0.05, 0.1) is 11.4 Å². The van der Waals surface area contributed by atoms with Gasteiger partial charge in [0, 0.05) is 12.4 Å². The van der Waals surface area contributed by atoms with Gasteiger partial charge >= 0.3 is 0 Å². The van der Waals surface area contributed by atoms with E-state index in [9.17, 15) is 17.2 Å². The lowest BCUT2D eigenvalue weighted by molar-refractivity contribution is 0.121. The fourth-order valence-corrected chi connectivity index (χ4v) is 3.39. The van der Waals surface area contributed by atoms with Crippen molar-refractivity contribution in [3.05, 3.63) is 29.3 Å². The number of hydrogen-bond acceptors (Lipinski definition) is 2. The monoisotopic (exact) mass is 311 g/mol. The van der Waals surface area contributed by atoms with Gasteiger partial charge in [-0.1, -0.05) is 6.07 Å². The zero-order valence-electron chi connectivity index (χ0n) is 10.7. The van der Waals surface area contributed by atoms with Crippen LogP contribution in [0, 0.1) is 13.8 Å². The second-order valence-corrected chi connectivity index (χ2v) is 6.51. The highest BCUT2D eigenvalue weighted by molar-refractivity contribution is 7.89. The van der Waals surface area contributed by atoms with Gasteiger partial charge in [-0.3, -0.25) is 0 Å². The third kappa shape index (κ3) is 4.12. The van der Waals surface area contributed by atoms with E-state index in [1.807, 2.05) is 6.92 Å². The van der Waals surface area contributed by atoms with E-state index in [1.165, 1.54) is 12.1 Å². The third-order valence-corrected chi connectivity index (χ3v) is 4.82. The molecule has 1 aromatic carbocycles. The molecule has 7 heteroatoms. The summed E-state index contributed by atoms with van der Waals surface area (Å²) in [5.74, 6) is -0.0310. The van der Waals surface area contributed by atoms with E-state index in [-0.39, 0.29) is 17.3 Å². The van der Waals surface area contributed by atoms with Crippen LogP contribution in [0.1, 0.15) is 11.1 Å². The first-order valence-electron chi connectivity index (χ1n) is 5.70. The predicted octanol–water partition coefficient (Wildman–Crippen LogP) is 2.80. The lowest BCUT2D eigenvalue weighted by Gasteiger charge is -2.21. The van der Waals surface area contributed by atoms with Crippen LogP contribution in [0.2, 0.25) is 0 Å². The van der Waals surface area contributed by atoms with Crippen LogP contribution in [0.4, 0.5) is 8.78 Å². The minimum Gasteiger partial charge on any atom is -0.209 e. The van der Waals surface area contributed by atoms with Crippen molar-refractivity contribution in [1.82, 2.24) is 4.31 Å². The fourth-order valence-electron chi connectivity index (χ4n) is 1.58. The van der Waals surface area contributed by atoms with E-state index in [2.05, 4.69) is 0 Å². The lowest BCUT2D eigenvalue weighted by Crippen LogP contribution is -2.36. The summed E-state index contributed by atoms with van der Waals surface area (Å²) < 4.78 is 50.1. The van der Waals surface area contributed by atoms with Crippen LogP contribution in [0.15, 0.2) is 23.1 Å². The molecule has 0 aliphatic carbocycles. The van der Waals surface area contributed by atoms with E-state index in [1.54, 1.807) is 13.0 Å². The van der Waals surface area contributed by atoms with E-state index in [0.717, 1.165) is 15.4 Å². The second-order valence-electron chi connectivity index (χ2n) is 4.19. The standard InChI is InChI=1S/C12H16ClF2NO2S/c1-9-3-4-11(7-10(9)2)19(17,18)16(6-5-13)8-12(14)15/h3-4,7,12H,5-6,8H2,1-2H3. The van der Waals surface area contributed by atoms with Crippen LogP contribution in [0.25, 0.3) is 0 Å². The number of nitrogens with zero attached hydrogens (tertiary/aromatic N) is 1. The SMILES string of the molecule is Cc1ccc(S(=O)(=O)N(CCCl)CC(F)F)cc1C. The molecule has 1 aromatic rings. The largest absolute Gasteiger partial charge is 0.252 e. The number of hydrogen-bond donors (Lipinski definition) is 0. The summed E-state index contributed by atoms with van der Waals surface area (Å²) in [6.45, 7) is 2.64. The van der Waals surface area contributed by atoms with Gasteiger partial charge in [-0.25, -0.2) is 17.2 Å². The molecule has 0 aliphatic rings. The molecule has 0 N–H and O–H groups in total. The molecule has 0 amide bonds. The molecule has 0 heterocycles. The number of sulfonamides is 1. The van der Waals surface area contributed by atoms with E-state index in [4.69, 9.17) is 11.6 Å². The zero-order valence-corrected chi connectivity index (χ0v) is 12.3. The van der Waals surface area contributed by atoms with Gasteiger partial charge in [-0.2, -0.15) is 4.31 Å². The van der Waals surface area contributed by atoms with Crippen molar-refractivity contribution in [3.63, 3.8) is 0 Å². The van der Waals surface area contributed by atoms with Crippen molar-refractivity contribution in [2.45, 2.75) is 25.2 Å². The molecule has 3 nitrogen and oxygen atoms in total. The topological polar surface area (TPSA) is 37.4 Å². The normalized spacial score (nSPS) is 12.4. The first-order chi connectivity index (χ1) is 8.78. The Hall–Kier alpha value is -0.720. The van der Waals surface area contributed by atoms with Crippen molar-refractivity contribution in [1.29, 1.82) is 0 Å². The van der Waals surface area contributed by atoms with Crippen molar-refractivity contribution in [3.8, 4) is 0 Å². The van der Waals surface area contributed by atoms with Gasteiger partial charge in [0.2, 0.25) is 10.0 Å². The van der Waals surface area contributed by atoms with Gasteiger partial charge in [-0.05, 0) is 37.1 Å². The zero-order chi connectivity index (χ0) is 14.6. The van der Waals surface area contributed by atoms with Crippen molar-refractivity contribution < 1.29 is 17.2 Å². The Morgan fingerprint density at radius 1 is 1.26 bits per heavy atom. The molecule has 0 unspecified atom stereocenters. The average Bonchev–Trinajstić information content (AvgIpc) is 2.31. The maximum atomic E-state index is 12.4. The smallest absolute Gasteiger partial charge is 0.209 e. The number of halogens is 3. The van der Waals surface area contributed by atoms with Crippen LogP contribution in [0.3, 0.4) is 0 Å². The first kappa shape index (κ1) is 16.3. The summed E-state index contributed by atoms with van der Waals surface area (Å²) >= 11 is 5.48. The molecule has 108 valence electrons. The molecule has 0 atom stereocenters. The molecular formula is C12H16ClF2NO2S. The van der Waals surface area contributed by atoms with Crippen LogP contribution >= 0.6 is 11.6 Å². The van der Waals surface area contributed by atoms with Crippen molar-refractivity contribution >= 4 is 21.6 Å². The summed E-state index contributed by atoms with van der Waals surface area (Å²) in [7, 11) is -3.93. The molecule has 19 heavy (non-hydrogen) atoms. The number of rotatable bonds is 6. The Bertz CT molecular complexity index is 535. The maximum Gasteiger partial charge on any atom is 0.252 e. The van der Waals surface area contributed by atoms with Crippen LogP contribution in [-0.4, -0.2) is 38.1 Å². The molecule has 0 bridgehead atoms. The van der Waals surface area contributed by atoms with E-state index >= 15 is 0 Å². The van der Waals surface area contributed by atoms with Crippen LogP contribution < -0.4 is 0 Å². The summed E-state index contributed by atoms with van der Waals surface area (Å²) in [5, 5.41) is 0. The lowest BCUT2D eigenvalue weighted by atomic mass is 10.1. The Labute approximate surface area is 117 Å². The highest BCUT2D eigenvalue weighted by Gasteiger charge is 2.26. The molecule has 0 aromatic heterocycles. The quantitative estimate of drug-likeness (QED) is 0.758. The van der Waals surface area contributed by atoms with Crippen LogP contribution in [-0.2, 0) is 10.0 Å². The third-order valence-electron chi connectivity index (χ3n) is 2.79. The summed E-state index contributed by atoms with van der Waals surface area (Å²) in [6.07, 6.45) is -2.73. The number of alkyl halides is 3. The fraction of sp³-hybridized carbons (Fsp3) is 0.500. The van der Waals surface area contributed by atoms with Gasteiger partial charge in [0.25, 0.3) is 6.43 Å². The summed E-state index contributed by atoms with van der Waals surface area (Å²) in [4.78, 5) is 0.0152. The van der Waals surface area contributed by atoms with Crippen molar-refractivity contribution in [2.75, 3.05) is 19.0 Å². The predicted molar refractivity (Wildman–Crippen MR) is 71.4 cm³/mol. The average molecular weight is 312 g/mol. The van der Waals surface area contributed by atoms with Gasteiger partial charge in [0.1, 0.15) is 0 Å². The highest BCUT2D eigenvalue weighted by Crippen LogP contribution is 2.20. The molecule has 1 rings (SSSR count). The highest BCUT2D eigenvalue weighted by atomic mass is 35.5. The summed E-state index contributed by atoms with van der Waals surface area (Å²) in [6, 6.07) is 4.56. The maximum absolute atomic E-state index is 12.4. The minimum absolute atomic E-state index is 0.0152. The van der Waals surface area contributed by atoms with Crippen LogP contribution in [0.5, 0.6) is 0 Å². The Kier molecular flexibility index (Phi) is 5.70. The Morgan fingerprint density at radius 2 is 1.89 bits per heavy atom. The number of benzene rings is 1. The van der Waals surface area contributed by atoms with E-state index in [0.29, 0.717) is 0 Å². The van der Waals surface area contributed by atoms with Crippen molar-refractivity contribution in [2.24, 2.45) is 0 Å². The second kappa shape index (κ2) is 6.63. The van der Waals surface area contributed by atoms with Gasteiger partial charge in [-0.15, -0.1) is 11.6 Å². The molecule has 0 saturated heterocycles. The molecular weight excluding hydrogens is 296 g/mol. The summed E-state index contributed by atoms with van der Waals surface area (Å²) in [5.41, 5.74) is 1.74. The van der Waals surface area contributed by atoms with Gasteiger partial charge < -0.3 is 0 Å². The van der Waals surface area contributed by atoms with E-state index < -0.39 is 23.0 Å². The minimum atomic E-state index is -3.93. The number of aryl methyl sites for hydroxylation is 2. The first-order valence-corrected chi connectivity index (χ1v) is 7.68. The Balaban J connectivity index is 3.14. The molecule has 0 fully saturated rings.